The van der Waals surface area contributed by atoms with E-state index in [-0.39, 0.29) is 17.2 Å². The standard InChI is InChI=1S/C25H31ClN2O5S/c1-5-6-7-11-27-23(29)19-15-34-25(16-9-8-10-18(26)12-16)28(19)24(30)17-13-20(31-2)22(33-4)21(14-17)32-3/h8-10,12-14,19,25H,5-7,11,15H2,1-4H3,(H,27,29). The molecule has 9 heteroatoms. The fourth-order valence-corrected chi connectivity index (χ4v) is 5.55. The van der Waals surface area contributed by atoms with Gasteiger partial charge in [0.05, 0.1) is 21.3 Å². The van der Waals surface area contributed by atoms with E-state index < -0.39 is 6.04 Å². The van der Waals surface area contributed by atoms with Gasteiger partial charge in [0.2, 0.25) is 11.7 Å². The topological polar surface area (TPSA) is 77.1 Å². The molecule has 1 saturated heterocycles. The van der Waals surface area contributed by atoms with E-state index in [1.807, 2.05) is 18.2 Å². The first kappa shape index (κ1) is 26.0. The Labute approximate surface area is 210 Å². The highest BCUT2D eigenvalue weighted by Gasteiger charge is 2.43. The van der Waals surface area contributed by atoms with Gasteiger partial charge in [0.25, 0.3) is 5.91 Å². The minimum atomic E-state index is -0.623. The van der Waals surface area contributed by atoms with Gasteiger partial charge in [-0.05, 0) is 36.2 Å². The number of amides is 2. The quantitative estimate of drug-likeness (QED) is 0.460. The highest BCUT2D eigenvalue weighted by Crippen LogP contribution is 2.44. The Morgan fingerprint density at radius 2 is 1.79 bits per heavy atom. The number of carbonyl (C=O) groups is 2. The zero-order valence-electron chi connectivity index (χ0n) is 19.9. The average Bonchev–Trinajstić information content (AvgIpc) is 3.30. The summed E-state index contributed by atoms with van der Waals surface area (Å²) >= 11 is 7.78. The fraction of sp³-hybridized carbons (Fsp3) is 0.440. The fourth-order valence-electron chi connectivity index (χ4n) is 3.93. The number of thioether (sulfide) groups is 1. The van der Waals surface area contributed by atoms with E-state index in [1.165, 1.54) is 21.3 Å². The third-order valence-corrected chi connectivity index (χ3v) is 7.22. The Kier molecular flexibility index (Phi) is 9.36. The summed E-state index contributed by atoms with van der Waals surface area (Å²) in [7, 11) is 4.50. The van der Waals surface area contributed by atoms with Gasteiger partial charge in [-0.3, -0.25) is 9.59 Å². The summed E-state index contributed by atoms with van der Waals surface area (Å²) in [6, 6.07) is 9.97. The lowest BCUT2D eigenvalue weighted by molar-refractivity contribution is -0.124. The van der Waals surface area contributed by atoms with E-state index in [1.54, 1.807) is 34.9 Å². The van der Waals surface area contributed by atoms with Crippen LogP contribution in [-0.4, -0.2) is 56.4 Å². The summed E-state index contributed by atoms with van der Waals surface area (Å²) in [6.45, 7) is 2.70. The van der Waals surface area contributed by atoms with E-state index in [0.29, 0.717) is 40.1 Å². The van der Waals surface area contributed by atoms with Crippen molar-refractivity contribution in [3.63, 3.8) is 0 Å². The maximum absolute atomic E-state index is 13.9. The number of carbonyl (C=O) groups excluding carboxylic acids is 2. The number of methoxy groups -OCH3 is 3. The molecular formula is C25H31ClN2O5S. The van der Waals surface area contributed by atoms with Gasteiger partial charge >= 0.3 is 0 Å². The van der Waals surface area contributed by atoms with Gasteiger partial charge in [0.1, 0.15) is 11.4 Å². The smallest absolute Gasteiger partial charge is 0.256 e. The average molecular weight is 507 g/mol. The summed E-state index contributed by atoms with van der Waals surface area (Å²) in [5.41, 5.74) is 1.20. The van der Waals surface area contributed by atoms with Crippen LogP contribution in [0.25, 0.3) is 0 Å². The molecule has 2 aromatic rings. The Bertz CT molecular complexity index is 994. The molecule has 1 aliphatic rings. The van der Waals surface area contributed by atoms with Crippen molar-refractivity contribution >= 4 is 35.2 Å². The lowest BCUT2D eigenvalue weighted by atomic mass is 10.1. The van der Waals surface area contributed by atoms with Crippen LogP contribution in [0.4, 0.5) is 0 Å². The Balaban J connectivity index is 1.98. The van der Waals surface area contributed by atoms with Crippen LogP contribution in [0.5, 0.6) is 17.2 Å². The second kappa shape index (κ2) is 12.2. The molecule has 7 nitrogen and oxygen atoms in total. The van der Waals surface area contributed by atoms with E-state index in [9.17, 15) is 9.59 Å². The van der Waals surface area contributed by atoms with Crippen molar-refractivity contribution in [2.24, 2.45) is 0 Å². The number of rotatable bonds is 10. The predicted molar refractivity (Wildman–Crippen MR) is 135 cm³/mol. The van der Waals surface area contributed by atoms with Crippen LogP contribution < -0.4 is 19.5 Å². The minimum absolute atomic E-state index is 0.158. The molecular weight excluding hydrogens is 476 g/mol. The Morgan fingerprint density at radius 3 is 2.38 bits per heavy atom. The van der Waals surface area contributed by atoms with Gasteiger partial charge in [-0.2, -0.15) is 0 Å². The van der Waals surface area contributed by atoms with Crippen molar-refractivity contribution < 1.29 is 23.8 Å². The molecule has 2 atom stereocenters. The molecule has 1 fully saturated rings. The summed E-state index contributed by atoms with van der Waals surface area (Å²) in [4.78, 5) is 28.7. The third-order valence-electron chi connectivity index (χ3n) is 5.66. The van der Waals surface area contributed by atoms with Crippen LogP contribution in [0.3, 0.4) is 0 Å². The summed E-state index contributed by atoms with van der Waals surface area (Å²) in [5, 5.41) is 3.21. The van der Waals surface area contributed by atoms with Crippen LogP contribution in [0.15, 0.2) is 36.4 Å². The number of nitrogens with one attached hydrogen (secondary N) is 1. The van der Waals surface area contributed by atoms with E-state index in [0.717, 1.165) is 24.8 Å². The lowest BCUT2D eigenvalue weighted by Crippen LogP contribution is -2.48. The van der Waals surface area contributed by atoms with Crippen LogP contribution in [0, 0.1) is 0 Å². The molecule has 1 heterocycles. The molecule has 0 saturated carbocycles. The lowest BCUT2D eigenvalue weighted by Gasteiger charge is -2.29. The van der Waals surface area contributed by atoms with Crippen molar-refractivity contribution in [3.05, 3.63) is 52.5 Å². The monoisotopic (exact) mass is 506 g/mol. The largest absolute Gasteiger partial charge is 0.493 e. The molecule has 2 amide bonds. The van der Waals surface area contributed by atoms with Crippen molar-refractivity contribution in [2.45, 2.75) is 37.6 Å². The maximum Gasteiger partial charge on any atom is 0.256 e. The van der Waals surface area contributed by atoms with Gasteiger partial charge in [0.15, 0.2) is 11.5 Å². The SMILES string of the molecule is CCCCCNC(=O)C1CSC(c2cccc(Cl)c2)N1C(=O)c1cc(OC)c(OC)c(OC)c1. The zero-order valence-corrected chi connectivity index (χ0v) is 21.5. The number of halogens is 1. The molecule has 0 radical (unpaired) electrons. The maximum atomic E-state index is 13.9. The van der Waals surface area contributed by atoms with Crippen molar-refractivity contribution in [1.82, 2.24) is 10.2 Å². The van der Waals surface area contributed by atoms with Crippen molar-refractivity contribution in [2.75, 3.05) is 33.6 Å². The second-order valence-corrected chi connectivity index (χ2v) is 9.43. The normalized spacial score (nSPS) is 17.4. The highest BCUT2D eigenvalue weighted by molar-refractivity contribution is 7.99. The van der Waals surface area contributed by atoms with Crippen molar-refractivity contribution in [1.29, 1.82) is 0 Å². The van der Waals surface area contributed by atoms with Crippen LogP contribution in [-0.2, 0) is 4.79 Å². The number of hydrogen-bond donors (Lipinski definition) is 1. The van der Waals surface area contributed by atoms with Gasteiger partial charge < -0.3 is 24.4 Å². The van der Waals surface area contributed by atoms with E-state index in [2.05, 4.69) is 12.2 Å². The summed E-state index contributed by atoms with van der Waals surface area (Å²) in [5.74, 6) is 1.16. The van der Waals surface area contributed by atoms with E-state index >= 15 is 0 Å². The zero-order chi connectivity index (χ0) is 24.7. The molecule has 184 valence electrons. The van der Waals surface area contributed by atoms with Gasteiger partial charge in [-0.25, -0.2) is 0 Å². The summed E-state index contributed by atoms with van der Waals surface area (Å²) < 4.78 is 16.3. The highest BCUT2D eigenvalue weighted by atomic mass is 35.5. The molecule has 2 unspecified atom stereocenters. The number of nitrogens with zero attached hydrogens (tertiary/aromatic N) is 1. The first-order valence-electron chi connectivity index (χ1n) is 11.2. The molecule has 0 aromatic heterocycles. The van der Waals surface area contributed by atoms with Crippen LogP contribution >= 0.6 is 23.4 Å². The van der Waals surface area contributed by atoms with Gasteiger partial charge in [-0.15, -0.1) is 11.8 Å². The Hall–Kier alpha value is -2.58. The molecule has 34 heavy (non-hydrogen) atoms. The third kappa shape index (κ3) is 5.73. The van der Waals surface area contributed by atoms with Crippen molar-refractivity contribution in [3.8, 4) is 17.2 Å². The molecule has 0 aliphatic carbocycles. The number of benzene rings is 2. The van der Waals surface area contributed by atoms with E-state index in [4.69, 9.17) is 25.8 Å². The number of hydrogen-bond acceptors (Lipinski definition) is 6. The second-order valence-electron chi connectivity index (χ2n) is 7.88. The Morgan fingerprint density at radius 1 is 1.09 bits per heavy atom. The van der Waals surface area contributed by atoms with Gasteiger partial charge in [-0.1, -0.05) is 43.5 Å². The number of unbranched alkanes of at least 4 members (excludes halogenated alkanes) is 2. The first-order valence-corrected chi connectivity index (χ1v) is 12.6. The van der Waals surface area contributed by atoms with Crippen LogP contribution in [0.2, 0.25) is 5.02 Å². The minimum Gasteiger partial charge on any atom is -0.493 e. The molecule has 3 rings (SSSR count). The molecule has 0 spiro atoms. The first-order chi connectivity index (χ1) is 16.4. The molecule has 2 aromatic carbocycles. The molecule has 1 aliphatic heterocycles. The van der Waals surface area contributed by atoms with Gasteiger partial charge in [0, 0.05) is 22.9 Å². The predicted octanol–water partition coefficient (Wildman–Crippen LogP) is 4.93. The summed E-state index contributed by atoms with van der Waals surface area (Å²) in [6.07, 6.45) is 3.01. The molecule has 1 N–H and O–H groups in total. The number of ether oxygens (including phenoxy) is 3. The van der Waals surface area contributed by atoms with Crippen LogP contribution in [0.1, 0.15) is 47.5 Å². The molecule has 0 bridgehead atoms.